The van der Waals surface area contributed by atoms with Gasteiger partial charge in [0.05, 0.1) is 12.5 Å². The fourth-order valence-corrected chi connectivity index (χ4v) is 10.1. The smallest absolute Gasteiger partial charge is 0.311 e. The number of benzene rings is 7. The van der Waals surface area contributed by atoms with Crippen molar-refractivity contribution in [3.63, 3.8) is 0 Å². The van der Waals surface area contributed by atoms with E-state index in [9.17, 15) is 9.59 Å². The second kappa shape index (κ2) is 41.8. The molecule has 0 unspecified atom stereocenters. The Labute approximate surface area is 704 Å². The summed E-state index contributed by atoms with van der Waals surface area (Å²) in [4.78, 5) is 21.7. The first kappa shape index (κ1) is 109. The third-order valence-electron chi connectivity index (χ3n) is 28.4. The zero-order chi connectivity index (χ0) is 90.3. The molecule has 114 heavy (non-hydrogen) atoms. The lowest BCUT2D eigenvalue weighted by atomic mass is 9.65. The van der Waals surface area contributed by atoms with Gasteiger partial charge in [-0.2, -0.15) is 0 Å². The van der Waals surface area contributed by atoms with Crippen LogP contribution in [0.1, 0.15) is 349 Å². The minimum absolute atomic E-state index is 0.0567. The van der Waals surface area contributed by atoms with Crippen molar-refractivity contribution < 1.29 is 14.3 Å². The molecule has 0 bridgehead atoms. The Bertz CT molecular complexity index is 3450. The summed E-state index contributed by atoms with van der Waals surface area (Å²) >= 11 is 0. The van der Waals surface area contributed by atoms with Gasteiger partial charge in [0.1, 0.15) is 0 Å². The first-order valence-electron chi connectivity index (χ1n) is 42.0. The van der Waals surface area contributed by atoms with E-state index in [-0.39, 0.29) is 76.9 Å². The molecule has 0 heterocycles. The molecule has 1 amide bonds. The van der Waals surface area contributed by atoms with Crippen molar-refractivity contribution in [2.75, 3.05) is 24.3 Å². The van der Waals surface area contributed by atoms with E-state index in [1.165, 1.54) is 51.6 Å². The third kappa shape index (κ3) is 32.1. The zero-order valence-electron chi connectivity index (χ0n) is 82.1. The highest BCUT2D eigenvalue weighted by molar-refractivity contribution is 5.80. The number of rotatable bonds is 10. The van der Waals surface area contributed by atoms with Crippen LogP contribution in [0.4, 0.5) is 17.1 Å². The van der Waals surface area contributed by atoms with Crippen LogP contribution in [0.25, 0.3) is 0 Å². The van der Waals surface area contributed by atoms with Gasteiger partial charge in [0.15, 0.2) is 0 Å². The van der Waals surface area contributed by atoms with Gasteiger partial charge in [0.2, 0.25) is 5.91 Å². The van der Waals surface area contributed by atoms with Crippen LogP contribution in [-0.4, -0.2) is 19.0 Å². The molecule has 8 N–H and O–H groups in total. The molecule has 0 spiro atoms. The predicted molar refractivity (Wildman–Crippen MR) is 509 cm³/mol. The molecule has 0 aromatic heterocycles. The number of aryl methyl sites for hydroxylation is 1. The number of hydrogen-bond acceptors (Lipinski definition) is 6. The Hall–Kier alpha value is -7.12. The summed E-state index contributed by atoms with van der Waals surface area (Å²) < 4.78 is 4.57. The highest BCUT2D eigenvalue weighted by Gasteiger charge is 2.41. The first-order valence-corrected chi connectivity index (χ1v) is 42.0. The van der Waals surface area contributed by atoms with Crippen molar-refractivity contribution in [3.8, 4) is 0 Å². The second-order valence-electron chi connectivity index (χ2n) is 44.9. The molecule has 7 aromatic carbocycles. The van der Waals surface area contributed by atoms with Gasteiger partial charge in [-0.15, -0.1) is 0 Å². The molecule has 0 aliphatic heterocycles. The van der Waals surface area contributed by atoms with Crippen molar-refractivity contribution >= 4 is 28.9 Å². The highest BCUT2D eigenvalue weighted by Crippen LogP contribution is 2.47. The van der Waals surface area contributed by atoms with E-state index in [1.54, 1.807) is 0 Å². The topological polar surface area (TPSA) is 147 Å². The minimum Gasteiger partial charge on any atom is -0.469 e. The number of methoxy groups -OCH3 is 1. The normalized spacial score (nSPS) is 12.9. The van der Waals surface area contributed by atoms with E-state index in [2.05, 4.69) is 406 Å². The first-order chi connectivity index (χ1) is 50.8. The maximum Gasteiger partial charge on any atom is 0.311 e. The van der Waals surface area contributed by atoms with Gasteiger partial charge in [-0.1, -0.05) is 441 Å². The molecule has 0 saturated heterocycles. The molecule has 7 nitrogen and oxygen atoms in total. The molecule has 642 valence electrons. The van der Waals surface area contributed by atoms with Crippen LogP contribution < -0.4 is 22.9 Å². The number of esters is 1. The Morgan fingerprint density at radius 1 is 0.254 bits per heavy atom. The van der Waals surface area contributed by atoms with Gasteiger partial charge in [-0.3, -0.25) is 9.59 Å². The number of amides is 1. The molecule has 0 atom stereocenters. The summed E-state index contributed by atoms with van der Waals surface area (Å²) in [5.41, 5.74) is 38.4. The van der Waals surface area contributed by atoms with Gasteiger partial charge in [-0.05, 0) is 184 Å². The Kier molecular flexibility index (Phi) is 40.0. The molecular formula is C107H176N4O3. The third-order valence-corrected chi connectivity index (χ3v) is 28.4. The average Bonchev–Trinajstić information content (AvgIpc) is 1.10. The van der Waals surface area contributed by atoms with Crippen molar-refractivity contribution in [1.29, 1.82) is 0 Å². The molecule has 7 aromatic rings. The van der Waals surface area contributed by atoms with E-state index in [0.717, 1.165) is 23.5 Å². The van der Waals surface area contributed by atoms with Gasteiger partial charge >= 0.3 is 5.97 Å². The number of primary amides is 1. The lowest BCUT2D eigenvalue weighted by molar-refractivity contribution is -0.150. The maximum absolute atomic E-state index is 10.9. The maximum atomic E-state index is 10.9. The predicted octanol–water partition coefficient (Wildman–Crippen LogP) is 30.3. The van der Waals surface area contributed by atoms with Gasteiger partial charge in [0.25, 0.3) is 0 Å². The van der Waals surface area contributed by atoms with Crippen LogP contribution in [0.2, 0.25) is 0 Å². The molecule has 0 saturated carbocycles. The second-order valence-corrected chi connectivity index (χ2v) is 44.9. The molecular weight excluding hydrogens is 1390 g/mol. The summed E-state index contributed by atoms with van der Waals surface area (Å²) in [5, 5.41) is 0. The monoisotopic (exact) mass is 1570 g/mol. The quantitative estimate of drug-likeness (QED) is 0.0792. The largest absolute Gasteiger partial charge is 0.469 e. The lowest BCUT2D eigenvalue weighted by Gasteiger charge is -2.39. The molecule has 0 radical (unpaired) electrons. The van der Waals surface area contributed by atoms with Gasteiger partial charge < -0.3 is 27.7 Å². The fourth-order valence-electron chi connectivity index (χ4n) is 10.1. The summed E-state index contributed by atoms with van der Waals surface area (Å²) in [5.74, 6) is -0.370. The van der Waals surface area contributed by atoms with Crippen molar-refractivity contribution in [3.05, 3.63) is 233 Å². The van der Waals surface area contributed by atoms with Crippen LogP contribution in [0.15, 0.2) is 188 Å². The van der Waals surface area contributed by atoms with Crippen LogP contribution in [0.5, 0.6) is 0 Å². The molecule has 7 heteroatoms. The summed E-state index contributed by atoms with van der Waals surface area (Å²) in [6.45, 7) is 97.7. The Balaban J connectivity index is 0. The molecule has 0 fully saturated rings. The van der Waals surface area contributed by atoms with E-state index < -0.39 is 5.41 Å². The number of ether oxygens (including phenoxy) is 1. The standard InChI is InChI=1S/C14H22.3C13H21N.3C13H20.C8H17NO.C7H14O2/c1-11-7-9-12(10-8-11)14(5,6)13(2,3)4;3*1-12(2,3)13(4,5)10-6-8-11(14)9-7-10;3*1-12(2,3)13(4,5)11-9-7-6-8-10-11;1-7(2,3)8(4,5)6(9)10;1-5-7(2,3)6(8)9-4/h7-10H,1-6H3;3*6-9H,14H2,1-5H3;3*6-10H,1-5H3;1-5H3,(H2,9,10);5H2,1-4H3. The minimum atomic E-state index is -0.424. The molecule has 0 aliphatic carbocycles. The van der Waals surface area contributed by atoms with Crippen LogP contribution in [-0.2, 0) is 52.2 Å². The van der Waals surface area contributed by atoms with Crippen LogP contribution in [0.3, 0.4) is 0 Å². The number of carbonyl (C=O) groups excluding carboxylic acids is 2. The zero-order valence-corrected chi connectivity index (χ0v) is 82.1. The van der Waals surface area contributed by atoms with Crippen molar-refractivity contribution in [1.82, 2.24) is 0 Å². The molecule has 7 rings (SSSR count). The van der Waals surface area contributed by atoms with Gasteiger partial charge in [0, 0.05) is 22.5 Å². The van der Waals surface area contributed by atoms with Crippen LogP contribution >= 0.6 is 0 Å². The van der Waals surface area contributed by atoms with Crippen molar-refractivity contribution in [2.24, 2.45) is 59.9 Å². The highest BCUT2D eigenvalue weighted by atomic mass is 16.5. The Morgan fingerprint density at radius 2 is 0.412 bits per heavy atom. The number of carbonyl (C=O) groups is 2. The Morgan fingerprint density at radius 3 is 0.526 bits per heavy atom. The average molecular weight is 1570 g/mol. The summed E-state index contributed by atoms with van der Waals surface area (Å²) in [6, 6.07) is 65.7. The SMILES string of the molecule is CC(C)(C)C(C)(C)C(N)=O.CC(C)(C)C(C)(C)c1ccc(N)cc1.CC(C)(C)C(C)(C)c1ccc(N)cc1.CC(C)(C)C(C)(C)c1ccc(N)cc1.CC(C)(C)C(C)(C)c1ccccc1.CC(C)(C)C(C)(C)c1ccccc1.CC(C)(C)C(C)(C)c1ccccc1.CCC(C)(C)C(=O)OC.Cc1ccc(C(C)(C)C(C)(C)C)cc1. The summed E-state index contributed by atoms with van der Waals surface area (Å²) in [7, 11) is 1.42. The molecule has 0 aliphatic rings. The number of hydrogen-bond donors (Lipinski definition) is 4. The lowest BCUT2D eigenvalue weighted by Crippen LogP contribution is -2.42. The summed E-state index contributed by atoms with van der Waals surface area (Å²) in [6.07, 6.45) is 0.819. The number of nitrogen functional groups attached to an aromatic ring is 3. The number of anilines is 3. The van der Waals surface area contributed by atoms with E-state index >= 15 is 0 Å². The van der Waals surface area contributed by atoms with E-state index in [1.807, 2.05) is 91.8 Å². The van der Waals surface area contributed by atoms with E-state index in [0.29, 0.717) is 21.7 Å². The number of nitrogens with two attached hydrogens (primary N) is 4. The van der Waals surface area contributed by atoms with Crippen LogP contribution in [0, 0.1) is 61.1 Å². The van der Waals surface area contributed by atoms with E-state index in [4.69, 9.17) is 22.9 Å². The fraction of sp³-hybridized carbons (Fsp3) is 0.589. The van der Waals surface area contributed by atoms with Gasteiger partial charge in [-0.25, -0.2) is 0 Å². The van der Waals surface area contributed by atoms with Crippen molar-refractivity contribution in [2.45, 2.75) is 349 Å².